The van der Waals surface area contributed by atoms with Crippen LogP contribution in [-0.4, -0.2) is 58.3 Å². The van der Waals surface area contributed by atoms with Crippen LogP contribution in [0.25, 0.3) is 0 Å². The molecule has 114 valence electrons. The van der Waals surface area contributed by atoms with Gasteiger partial charge >= 0.3 is 12.0 Å². The van der Waals surface area contributed by atoms with Crippen molar-refractivity contribution in [2.45, 2.75) is 44.2 Å². The summed E-state index contributed by atoms with van der Waals surface area (Å²) in [6.45, 7) is 0.293. The third-order valence-corrected chi connectivity index (χ3v) is 3.35. The molecule has 8 nitrogen and oxygen atoms in total. The molecule has 0 radical (unpaired) electrons. The van der Waals surface area contributed by atoms with Crippen molar-refractivity contribution in [2.24, 2.45) is 5.73 Å². The molecule has 1 heterocycles. The van der Waals surface area contributed by atoms with Gasteiger partial charge in [0.1, 0.15) is 6.04 Å². The quantitative estimate of drug-likeness (QED) is 0.528. The van der Waals surface area contributed by atoms with E-state index in [0.717, 1.165) is 19.3 Å². The minimum Gasteiger partial charge on any atom is -0.480 e. The number of aliphatic carboxylic acids is 1. The molecule has 0 aromatic heterocycles. The molecule has 1 rings (SSSR count). The van der Waals surface area contributed by atoms with Crippen LogP contribution in [-0.2, 0) is 9.59 Å². The summed E-state index contributed by atoms with van der Waals surface area (Å²) in [4.78, 5) is 35.3. The number of urea groups is 1. The highest BCUT2D eigenvalue weighted by Crippen LogP contribution is 2.16. The van der Waals surface area contributed by atoms with Crippen LogP contribution in [0.2, 0.25) is 0 Å². The van der Waals surface area contributed by atoms with E-state index < -0.39 is 30.4 Å². The highest BCUT2D eigenvalue weighted by molar-refractivity contribution is 5.87. The second kappa shape index (κ2) is 7.68. The van der Waals surface area contributed by atoms with Gasteiger partial charge in [0.2, 0.25) is 5.91 Å². The van der Waals surface area contributed by atoms with Crippen molar-refractivity contribution >= 4 is 17.9 Å². The highest BCUT2D eigenvalue weighted by Gasteiger charge is 2.29. The van der Waals surface area contributed by atoms with Gasteiger partial charge in [0.05, 0.1) is 19.1 Å². The first-order valence-corrected chi connectivity index (χ1v) is 6.64. The van der Waals surface area contributed by atoms with Crippen molar-refractivity contribution in [3.8, 4) is 0 Å². The van der Waals surface area contributed by atoms with Crippen LogP contribution in [0.4, 0.5) is 4.79 Å². The number of carbonyl (C=O) groups is 3. The first kappa shape index (κ1) is 16.2. The van der Waals surface area contributed by atoms with E-state index in [9.17, 15) is 19.5 Å². The molecule has 5 N–H and O–H groups in total. The zero-order valence-electron chi connectivity index (χ0n) is 11.2. The third-order valence-electron chi connectivity index (χ3n) is 3.35. The molecule has 20 heavy (non-hydrogen) atoms. The predicted molar refractivity (Wildman–Crippen MR) is 69.8 cm³/mol. The van der Waals surface area contributed by atoms with Crippen LogP contribution in [0, 0.1) is 0 Å². The summed E-state index contributed by atoms with van der Waals surface area (Å²) in [5, 5.41) is 20.6. The van der Waals surface area contributed by atoms with E-state index in [0.29, 0.717) is 13.0 Å². The van der Waals surface area contributed by atoms with E-state index in [1.54, 1.807) is 0 Å². The number of hydrogen-bond acceptors (Lipinski definition) is 4. The summed E-state index contributed by atoms with van der Waals surface area (Å²) in [5.74, 6) is -2.11. The molecular weight excluding hydrogens is 266 g/mol. The van der Waals surface area contributed by atoms with Crippen molar-refractivity contribution in [3.63, 3.8) is 0 Å². The van der Waals surface area contributed by atoms with Crippen molar-refractivity contribution in [3.05, 3.63) is 0 Å². The van der Waals surface area contributed by atoms with E-state index in [4.69, 9.17) is 10.8 Å². The molecule has 2 unspecified atom stereocenters. The number of primary amides is 1. The van der Waals surface area contributed by atoms with Gasteiger partial charge in [-0.25, -0.2) is 9.59 Å². The van der Waals surface area contributed by atoms with Crippen molar-refractivity contribution < 1.29 is 24.6 Å². The molecular formula is C12H21N3O5. The van der Waals surface area contributed by atoms with Gasteiger partial charge in [-0.2, -0.15) is 0 Å². The second-order valence-corrected chi connectivity index (χ2v) is 4.89. The number of nitrogens with two attached hydrogens (primary N) is 1. The molecule has 0 aliphatic carbocycles. The number of aliphatic hydroxyl groups excluding tert-OH is 1. The number of hydrogen-bond donors (Lipinski definition) is 4. The lowest BCUT2D eigenvalue weighted by molar-refractivity contribution is -0.141. The highest BCUT2D eigenvalue weighted by atomic mass is 16.4. The molecule has 0 spiro atoms. The Morgan fingerprint density at radius 3 is 2.55 bits per heavy atom. The zero-order valence-corrected chi connectivity index (χ0v) is 11.2. The lowest BCUT2D eigenvalue weighted by atomic mass is 10.1. The molecule has 0 saturated carbocycles. The number of rotatable bonds is 5. The predicted octanol–water partition coefficient (Wildman–Crippen LogP) is -0.738. The number of amides is 3. The standard InChI is InChI=1S/C12H21N3O5/c13-10(17)6-9(11(18)19)14-12(20)15-5-3-1-2-4-8(15)7-16/h8-9,16H,1-7H2,(H2,13,17)(H,14,20)(H,18,19). The van der Waals surface area contributed by atoms with Crippen LogP contribution in [0.15, 0.2) is 0 Å². The van der Waals surface area contributed by atoms with Gasteiger partial charge in [0, 0.05) is 6.54 Å². The van der Waals surface area contributed by atoms with E-state index in [-0.39, 0.29) is 12.6 Å². The van der Waals surface area contributed by atoms with Crippen LogP contribution >= 0.6 is 0 Å². The fraction of sp³-hybridized carbons (Fsp3) is 0.750. The molecule has 1 saturated heterocycles. The second-order valence-electron chi connectivity index (χ2n) is 4.89. The van der Waals surface area contributed by atoms with Gasteiger partial charge in [0.25, 0.3) is 0 Å². The summed E-state index contributed by atoms with van der Waals surface area (Å²) < 4.78 is 0. The number of nitrogens with zero attached hydrogens (tertiary/aromatic N) is 1. The summed E-state index contributed by atoms with van der Waals surface area (Å²) in [7, 11) is 0. The lowest BCUT2D eigenvalue weighted by Gasteiger charge is -2.29. The molecule has 0 bridgehead atoms. The zero-order chi connectivity index (χ0) is 15.1. The monoisotopic (exact) mass is 287 g/mol. The SMILES string of the molecule is NC(=O)CC(NC(=O)N1CCCCCC1CO)C(=O)O. The fourth-order valence-electron chi connectivity index (χ4n) is 2.27. The maximum absolute atomic E-state index is 12.1. The normalized spacial score (nSPS) is 20.9. The molecule has 1 aliphatic rings. The van der Waals surface area contributed by atoms with E-state index >= 15 is 0 Å². The summed E-state index contributed by atoms with van der Waals surface area (Å²) in [5.41, 5.74) is 4.96. The van der Waals surface area contributed by atoms with Gasteiger partial charge in [0.15, 0.2) is 0 Å². The Morgan fingerprint density at radius 1 is 1.30 bits per heavy atom. The maximum atomic E-state index is 12.1. The molecule has 8 heteroatoms. The van der Waals surface area contributed by atoms with Crippen LogP contribution in [0.3, 0.4) is 0 Å². The Morgan fingerprint density at radius 2 is 2.00 bits per heavy atom. The first-order valence-electron chi connectivity index (χ1n) is 6.64. The van der Waals surface area contributed by atoms with Crippen LogP contribution in [0.1, 0.15) is 32.1 Å². The maximum Gasteiger partial charge on any atom is 0.326 e. The minimum atomic E-state index is -1.34. The number of carboxylic acid groups (broad SMARTS) is 1. The van der Waals surface area contributed by atoms with Crippen molar-refractivity contribution in [2.75, 3.05) is 13.2 Å². The molecule has 0 aromatic carbocycles. The average Bonchev–Trinajstić information content (AvgIpc) is 2.62. The minimum absolute atomic E-state index is 0.166. The smallest absolute Gasteiger partial charge is 0.326 e. The molecule has 1 fully saturated rings. The van der Waals surface area contributed by atoms with Gasteiger partial charge in [-0.05, 0) is 12.8 Å². The topological polar surface area (TPSA) is 133 Å². The number of aliphatic hydroxyl groups is 1. The third kappa shape index (κ3) is 4.69. The van der Waals surface area contributed by atoms with Gasteiger partial charge < -0.3 is 26.2 Å². The Balaban J connectivity index is 2.70. The average molecular weight is 287 g/mol. The molecule has 0 aromatic rings. The number of carboxylic acids is 1. The van der Waals surface area contributed by atoms with Gasteiger partial charge in [-0.3, -0.25) is 4.79 Å². The van der Waals surface area contributed by atoms with Crippen molar-refractivity contribution in [1.29, 1.82) is 0 Å². The molecule has 1 aliphatic heterocycles. The van der Waals surface area contributed by atoms with E-state index in [2.05, 4.69) is 5.32 Å². The Kier molecular flexibility index (Phi) is 6.23. The largest absolute Gasteiger partial charge is 0.480 e. The number of nitrogens with one attached hydrogen (secondary N) is 1. The molecule has 2 atom stereocenters. The van der Waals surface area contributed by atoms with E-state index in [1.165, 1.54) is 4.90 Å². The summed E-state index contributed by atoms with van der Waals surface area (Å²) >= 11 is 0. The first-order chi connectivity index (χ1) is 9.45. The van der Waals surface area contributed by atoms with Gasteiger partial charge in [-0.15, -0.1) is 0 Å². The Labute approximate surface area is 116 Å². The number of likely N-dealkylation sites (tertiary alicyclic amines) is 1. The fourth-order valence-corrected chi connectivity index (χ4v) is 2.27. The summed E-state index contributed by atoms with van der Waals surface area (Å²) in [6.07, 6.45) is 2.90. The summed E-state index contributed by atoms with van der Waals surface area (Å²) in [6, 6.07) is -2.25. The van der Waals surface area contributed by atoms with Gasteiger partial charge in [-0.1, -0.05) is 12.8 Å². The van der Waals surface area contributed by atoms with E-state index in [1.807, 2.05) is 0 Å². The Bertz CT molecular complexity index is 374. The lowest BCUT2D eigenvalue weighted by Crippen LogP contribution is -2.53. The Hall–Kier alpha value is -1.83. The van der Waals surface area contributed by atoms with Crippen molar-refractivity contribution in [1.82, 2.24) is 10.2 Å². The van der Waals surface area contributed by atoms with Crippen LogP contribution in [0.5, 0.6) is 0 Å². The van der Waals surface area contributed by atoms with Crippen LogP contribution < -0.4 is 11.1 Å². The molecule has 3 amide bonds. The number of carbonyl (C=O) groups excluding carboxylic acids is 2.